The molecule has 0 saturated carbocycles. The van der Waals surface area contributed by atoms with E-state index >= 15 is 0 Å². The van der Waals surface area contributed by atoms with Crippen LogP contribution in [-0.2, 0) is 6.42 Å². The number of imide groups is 1. The van der Waals surface area contributed by atoms with E-state index in [4.69, 9.17) is 5.73 Å². The third-order valence-electron chi connectivity index (χ3n) is 12.7. The van der Waals surface area contributed by atoms with Crippen LogP contribution in [0.25, 0.3) is 108 Å². The molecule has 254 valence electrons. The van der Waals surface area contributed by atoms with Gasteiger partial charge in [0.1, 0.15) is 0 Å². The molecular formula is C50H26N2O3. The van der Waals surface area contributed by atoms with Crippen LogP contribution in [-0.4, -0.2) is 17.7 Å². The molecule has 0 radical (unpaired) electrons. The van der Waals surface area contributed by atoms with Crippen molar-refractivity contribution in [3.8, 4) is 0 Å². The summed E-state index contributed by atoms with van der Waals surface area (Å²) in [6.07, 6.45) is 0.695. The van der Waals surface area contributed by atoms with Crippen LogP contribution in [0.15, 0.2) is 127 Å². The molecule has 0 fully saturated rings. The number of nitrogens with two attached hydrogens (primary N) is 1. The summed E-state index contributed by atoms with van der Waals surface area (Å²) in [6.45, 7) is 0. The fourth-order valence-electron chi connectivity index (χ4n) is 10.5. The molecule has 12 aromatic carbocycles. The van der Waals surface area contributed by atoms with Crippen molar-refractivity contribution in [2.75, 3.05) is 0 Å². The van der Waals surface area contributed by atoms with E-state index in [-0.39, 0.29) is 11.8 Å². The summed E-state index contributed by atoms with van der Waals surface area (Å²) in [5.74, 6) is -1.13. The lowest BCUT2D eigenvalue weighted by Crippen LogP contribution is -2.34. The van der Waals surface area contributed by atoms with Gasteiger partial charge in [0.25, 0.3) is 11.8 Å². The van der Waals surface area contributed by atoms with Gasteiger partial charge in [0.15, 0.2) is 0 Å². The minimum atomic E-state index is -0.424. The minimum Gasteiger partial charge on any atom is -0.366 e. The molecule has 55 heavy (non-hydrogen) atoms. The topological polar surface area (TPSA) is 89.3 Å². The second-order valence-electron chi connectivity index (χ2n) is 15.2. The second-order valence-corrected chi connectivity index (χ2v) is 15.2. The van der Waals surface area contributed by atoms with Crippen LogP contribution in [0.4, 0.5) is 0 Å². The number of hydrogen-bond donors (Lipinski definition) is 2. The molecule has 0 spiro atoms. The maximum Gasteiger partial charge on any atom is 0.258 e. The van der Waals surface area contributed by atoms with Gasteiger partial charge >= 0.3 is 0 Å². The number of carbonyl (C=O) groups excluding carboxylic acids is 3. The van der Waals surface area contributed by atoms with Crippen molar-refractivity contribution < 1.29 is 14.4 Å². The summed E-state index contributed by atoms with van der Waals surface area (Å²) in [6, 6.07) is 44.6. The average molecular weight is 703 g/mol. The van der Waals surface area contributed by atoms with Crippen LogP contribution >= 0.6 is 0 Å². The molecular weight excluding hydrogens is 677 g/mol. The predicted octanol–water partition coefficient (Wildman–Crippen LogP) is 11.1. The molecule has 1 aliphatic rings. The molecule has 0 unspecified atom stereocenters. The van der Waals surface area contributed by atoms with Crippen LogP contribution in [0.5, 0.6) is 0 Å². The van der Waals surface area contributed by atoms with E-state index in [2.05, 4.69) is 84.2 Å². The van der Waals surface area contributed by atoms with Crippen LogP contribution in [0.1, 0.15) is 42.2 Å². The lowest BCUT2D eigenvalue weighted by atomic mass is 9.80. The highest BCUT2D eigenvalue weighted by atomic mass is 16.2. The van der Waals surface area contributed by atoms with Crippen LogP contribution in [0, 0.1) is 0 Å². The largest absolute Gasteiger partial charge is 0.366 e. The highest BCUT2D eigenvalue weighted by molar-refractivity contribution is 6.47. The van der Waals surface area contributed by atoms with Gasteiger partial charge in [0.05, 0.1) is 0 Å². The van der Waals surface area contributed by atoms with E-state index in [1.54, 1.807) is 0 Å². The Hall–Kier alpha value is -7.37. The third kappa shape index (κ3) is 3.43. The van der Waals surface area contributed by atoms with Crippen LogP contribution in [0.3, 0.4) is 0 Å². The van der Waals surface area contributed by atoms with E-state index < -0.39 is 5.91 Å². The Labute approximate surface area is 311 Å². The maximum atomic E-state index is 13.0. The third-order valence-corrected chi connectivity index (χ3v) is 12.7. The van der Waals surface area contributed by atoms with Crippen LogP contribution < -0.4 is 11.1 Å². The van der Waals surface area contributed by atoms with Crippen LogP contribution in [0.2, 0.25) is 0 Å². The summed E-state index contributed by atoms with van der Waals surface area (Å²) in [4.78, 5) is 38.9. The summed E-state index contributed by atoms with van der Waals surface area (Å²) in [7, 11) is 0. The molecule has 5 heteroatoms. The van der Waals surface area contributed by atoms with Gasteiger partial charge in [-0.25, -0.2) is 0 Å². The zero-order valence-corrected chi connectivity index (χ0v) is 29.1. The summed E-state index contributed by atoms with van der Waals surface area (Å²) < 4.78 is 0. The summed E-state index contributed by atoms with van der Waals surface area (Å²) in [5, 5.41) is 24.7. The van der Waals surface area contributed by atoms with E-state index in [9.17, 15) is 14.4 Å². The Kier molecular flexibility index (Phi) is 5.18. The Morgan fingerprint density at radius 3 is 1.16 bits per heavy atom. The van der Waals surface area contributed by atoms with Gasteiger partial charge in [-0.15, -0.1) is 0 Å². The smallest absolute Gasteiger partial charge is 0.258 e. The standard InChI is InChI=1S/C50H26N2O3/c51-48(53)37-19-16-26-28-9-11-30-32-13-15-34-36-18-21-39-47-38(49(54)52-50(39)55)20-17-35(46(36)47)33-14-12-31(44(32)45(33)34)29-10-8-27(42(28)43(29)30)25-7-6-24(40(37)41(25)26)22-23-4-2-1-3-5-23/h1-21H,22H2,(H2,51,53)(H,52,54,55). The molecule has 0 aliphatic carbocycles. The second kappa shape index (κ2) is 9.78. The zero-order chi connectivity index (χ0) is 36.4. The normalized spacial score (nSPS) is 13.5. The summed E-state index contributed by atoms with van der Waals surface area (Å²) in [5.41, 5.74) is 9.95. The number of primary amides is 1. The SMILES string of the molecule is NC(=O)c1ccc2c3ccc4c5ccc6c7ccc8c9c(ccc(c%10ccc(c%11ccc(c%12ccc(Cc%13ccccc%13)c1c%122)c3c%114)c5c%106)c97)C(=O)NC8=O. The number of amides is 3. The van der Waals surface area contributed by atoms with E-state index in [0.717, 1.165) is 70.2 Å². The first-order valence-corrected chi connectivity index (χ1v) is 18.6. The fourth-order valence-corrected chi connectivity index (χ4v) is 10.5. The highest BCUT2D eigenvalue weighted by Crippen LogP contribution is 2.51. The van der Waals surface area contributed by atoms with Crippen molar-refractivity contribution >= 4 is 125 Å². The van der Waals surface area contributed by atoms with Gasteiger partial charge in [-0.05, 0) is 138 Å². The Morgan fingerprint density at radius 1 is 0.400 bits per heavy atom. The monoisotopic (exact) mass is 702 g/mol. The van der Waals surface area contributed by atoms with E-state index in [0.29, 0.717) is 23.1 Å². The predicted molar refractivity (Wildman–Crippen MR) is 225 cm³/mol. The number of hydrogen-bond acceptors (Lipinski definition) is 3. The molecule has 0 atom stereocenters. The number of benzene rings is 12. The molecule has 12 aromatic rings. The van der Waals surface area contributed by atoms with E-state index in [1.165, 1.54) is 48.7 Å². The van der Waals surface area contributed by atoms with Crippen molar-refractivity contribution in [3.63, 3.8) is 0 Å². The highest BCUT2D eigenvalue weighted by Gasteiger charge is 2.29. The molecule has 3 N–H and O–H groups in total. The quantitative estimate of drug-likeness (QED) is 0.109. The minimum absolute atomic E-state index is 0.353. The summed E-state index contributed by atoms with van der Waals surface area (Å²) >= 11 is 0. The van der Waals surface area contributed by atoms with Gasteiger partial charge in [0, 0.05) is 22.1 Å². The molecule has 0 bridgehead atoms. The Morgan fingerprint density at radius 2 is 0.745 bits per heavy atom. The van der Waals surface area contributed by atoms with Gasteiger partial charge in [-0.1, -0.05) is 109 Å². The fraction of sp³-hybridized carbons (Fsp3) is 0.0200. The molecule has 3 amide bonds. The molecule has 1 aliphatic heterocycles. The molecule has 0 saturated heterocycles. The molecule has 5 nitrogen and oxygen atoms in total. The van der Waals surface area contributed by atoms with Gasteiger partial charge in [-0.2, -0.15) is 0 Å². The van der Waals surface area contributed by atoms with Crippen molar-refractivity contribution in [2.24, 2.45) is 5.73 Å². The molecule has 1 heterocycles. The molecule has 13 rings (SSSR count). The lowest BCUT2D eigenvalue weighted by molar-refractivity contribution is 0.0844. The van der Waals surface area contributed by atoms with E-state index in [1.807, 2.05) is 48.5 Å². The Balaban J connectivity index is 1.17. The average Bonchev–Trinajstić information content (AvgIpc) is 3.21. The lowest BCUT2D eigenvalue weighted by Gasteiger charge is -2.23. The van der Waals surface area contributed by atoms with Crippen molar-refractivity contribution in [2.45, 2.75) is 6.42 Å². The zero-order valence-electron chi connectivity index (χ0n) is 29.1. The number of nitrogens with one attached hydrogen (secondary N) is 1. The number of rotatable bonds is 3. The van der Waals surface area contributed by atoms with Crippen molar-refractivity contribution in [1.29, 1.82) is 0 Å². The van der Waals surface area contributed by atoms with Crippen molar-refractivity contribution in [1.82, 2.24) is 5.32 Å². The van der Waals surface area contributed by atoms with Crippen molar-refractivity contribution in [3.05, 3.63) is 155 Å². The number of carbonyl (C=O) groups is 3. The molecule has 0 aromatic heterocycles. The number of fused-ring (bicyclic) bond motifs is 6. The van der Waals surface area contributed by atoms with Gasteiger partial charge in [-0.3, -0.25) is 19.7 Å². The van der Waals surface area contributed by atoms with Gasteiger partial charge in [0.2, 0.25) is 5.91 Å². The maximum absolute atomic E-state index is 13.0. The van der Waals surface area contributed by atoms with Gasteiger partial charge < -0.3 is 5.73 Å². The Bertz CT molecular complexity index is 3600. The first kappa shape index (κ1) is 29.1. The first-order chi connectivity index (χ1) is 27.0. The first-order valence-electron chi connectivity index (χ1n) is 18.6.